The van der Waals surface area contributed by atoms with Gasteiger partial charge < -0.3 is 5.32 Å². The maximum atomic E-state index is 4.46. The molecule has 2 heteroatoms. The van der Waals surface area contributed by atoms with Crippen molar-refractivity contribution >= 4 is 0 Å². The number of aromatic nitrogens is 1. The van der Waals surface area contributed by atoms with E-state index >= 15 is 0 Å². The fraction of sp³-hybridized carbons (Fsp3) is 0.353. The molecule has 2 aromatic rings. The Bertz CT molecular complexity index is 500. The second-order valence-electron chi connectivity index (χ2n) is 4.98. The van der Waals surface area contributed by atoms with Gasteiger partial charge in [0.25, 0.3) is 0 Å². The van der Waals surface area contributed by atoms with E-state index in [4.69, 9.17) is 0 Å². The maximum Gasteiger partial charge on any atom is 0.0578 e. The highest BCUT2D eigenvalue weighted by Crippen LogP contribution is 2.23. The van der Waals surface area contributed by atoms with Crippen LogP contribution in [0.25, 0.3) is 0 Å². The van der Waals surface area contributed by atoms with Gasteiger partial charge in [0.2, 0.25) is 0 Å². The van der Waals surface area contributed by atoms with Crippen molar-refractivity contribution < 1.29 is 0 Å². The smallest absolute Gasteiger partial charge is 0.0578 e. The van der Waals surface area contributed by atoms with E-state index in [0.717, 1.165) is 24.4 Å². The third kappa shape index (κ3) is 3.65. The van der Waals surface area contributed by atoms with E-state index in [1.54, 1.807) is 0 Å². The molecular weight excluding hydrogens is 232 g/mol. The van der Waals surface area contributed by atoms with Crippen molar-refractivity contribution in [1.82, 2.24) is 10.3 Å². The molecule has 0 spiro atoms. The van der Waals surface area contributed by atoms with Crippen molar-refractivity contribution in [2.45, 2.75) is 33.2 Å². The summed E-state index contributed by atoms with van der Waals surface area (Å²) < 4.78 is 0. The quantitative estimate of drug-likeness (QED) is 0.878. The fourth-order valence-electron chi connectivity index (χ4n) is 2.40. The Morgan fingerprint density at radius 1 is 1.00 bits per heavy atom. The van der Waals surface area contributed by atoms with Crippen LogP contribution in [0.3, 0.4) is 0 Å². The van der Waals surface area contributed by atoms with Crippen LogP contribution in [0.2, 0.25) is 0 Å². The minimum atomic E-state index is 0.251. The third-order valence-electron chi connectivity index (χ3n) is 3.17. The number of pyridine rings is 1. The van der Waals surface area contributed by atoms with Gasteiger partial charge in [-0.05, 0) is 50.1 Å². The molecule has 0 aliphatic heterocycles. The Balaban J connectivity index is 2.36. The summed E-state index contributed by atoms with van der Waals surface area (Å²) in [7, 11) is 0. The van der Waals surface area contributed by atoms with Crippen LogP contribution in [0.5, 0.6) is 0 Å². The second-order valence-corrected chi connectivity index (χ2v) is 4.98. The number of rotatable bonds is 5. The zero-order valence-electron chi connectivity index (χ0n) is 12.0. The fourth-order valence-corrected chi connectivity index (χ4v) is 2.40. The van der Waals surface area contributed by atoms with Crippen LogP contribution in [-0.4, -0.2) is 11.5 Å². The van der Waals surface area contributed by atoms with E-state index in [-0.39, 0.29) is 6.04 Å². The lowest BCUT2D eigenvalue weighted by Crippen LogP contribution is -2.23. The van der Waals surface area contributed by atoms with Gasteiger partial charge in [-0.15, -0.1) is 0 Å². The maximum absolute atomic E-state index is 4.46. The highest BCUT2D eigenvalue weighted by Gasteiger charge is 2.13. The first-order chi connectivity index (χ1) is 9.20. The first-order valence-electron chi connectivity index (χ1n) is 6.94. The Kier molecular flexibility index (Phi) is 4.69. The van der Waals surface area contributed by atoms with E-state index in [1.165, 1.54) is 11.1 Å². The SMILES string of the molecule is CCCNC(c1ccccc1)c1cc(C)nc(C)c1. The van der Waals surface area contributed by atoms with Crippen molar-refractivity contribution in [2.24, 2.45) is 0 Å². The number of nitrogens with one attached hydrogen (secondary N) is 1. The van der Waals surface area contributed by atoms with Gasteiger partial charge in [-0.25, -0.2) is 0 Å². The Morgan fingerprint density at radius 2 is 1.63 bits per heavy atom. The van der Waals surface area contributed by atoms with Gasteiger partial charge in [0.1, 0.15) is 0 Å². The summed E-state index contributed by atoms with van der Waals surface area (Å²) in [5.41, 5.74) is 4.76. The van der Waals surface area contributed by atoms with Gasteiger partial charge >= 0.3 is 0 Å². The van der Waals surface area contributed by atoms with Crippen LogP contribution in [0.4, 0.5) is 0 Å². The number of hydrogen-bond donors (Lipinski definition) is 1. The normalized spacial score (nSPS) is 12.4. The van der Waals surface area contributed by atoms with Crippen LogP contribution in [-0.2, 0) is 0 Å². The number of nitrogens with zero attached hydrogens (tertiary/aromatic N) is 1. The van der Waals surface area contributed by atoms with Gasteiger partial charge in [0, 0.05) is 11.4 Å². The average molecular weight is 254 g/mol. The summed E-state index contributed by atoms with van der Waals surface area (Å²) >= 11 is 0. The highest BCUT2D eigenvalue weighted by molar-refractivity contribution is 5.33. The van der Waals surface area contributed by atoms with Crippen molar-refractivity contribution in [3.8, 4) is 0 Å². The molecule has 100 valence electrons. The molecule has 2 nitrogen and oxygen atoms in total. The summed E-state index contributed by atoms with van der Waals surface area (Å²) in [5, 5.41) is 3.63. The Hall–Kier alpha value is -1.67. The molecule has 1 N–H and O–H groups in total. The topological polar surface area (TPSA) is 24.9 Å². The minimum Gasteiger partial charge on any atom is -0.306 e. The van der Waals surface area contributed by atoms with E-state index in [1.807, 2.05) is 0 Å². The molecule has 0 bridgehead atoms. The van der Waals surface area contributed by atoms with Crippen molar-refractivity contribution in [3.63, 3.8) is 0 Å². The molecule has 19 heavy (non-hydrogen) atoms. The van der Waals surface area contributed by atoms with Crippen LogP contribution in [0.1, 0.15) is 41.9 Å². The lowest BCUT2D eigenvalue weighted by molar-refractivity contribution is 0.597. The molecule has 1 atom stereocenters. The molecule has 1 heterocycles. The van der Waals surface area contributed by atoms with E-state index in [9.17, 15) is 0 Å². The predicted molar refractivity (Wildman–Crippen MR) is 80.3 cm³/mol. The number of hydrogen-bond acceptors (Lipinski definition) is 2. The van der Waals surface area contributed by atoms with E-state index in [0.29, 0.717) is 0 Å². The molecule has 0 amide bonds. The summed E-state index contributed by atoms with van der Waals surface area (Å²) in [4.78, 5) is 4.46. The summed E-state index contributed by atoms with van der Waals surface area (Å²) in [6, 6.07) is 15.2. The van der Waals surface area contributed by atoms with E-state index < -0.39 is 0 Å². The zero-order chi connectivity index (χ0) is 13.7. The molecule has 0 aliphatic rings. The lowest BCUT2D eigenvalue weighted by atomic mass is 9.98. The Morgan fingerprint density at radius 3 is 2.21 bits per heavy atom. The van der Waals surface area contributed by atoms with Crippen LogP contribution in [0, 0.1) is 13.8 Å². The summed E-state index contributed by atoms with van der Waals surface area (Å²) in [6.45, 7) is 7.31. The molecule has 0 fully saturated rings. The molecule has 2 rings (SSSR count). The Labute approximate surface area is 115 Å². The monoisotopic (exact) mass is 254 g/mol. The minimum absolute atomic E-state index is 0.251. The molecule has 0 aliphatic carbocycles. The average Bonchev–Trinajstić information content (AvgIpc) is 2.39. The van der Waals surface area contributed by atoms with Gasteiger partial charge in [0.15, 0.2) is 0 Å². The molecule has 0 saturated carbocycles. The lowest BCUT2D eigenvalue weighted by Gasteiger charge is -2.20. The van der Waals surface area contributed by atoms with Gasteiger partial charge in [-0.2, -0.15) is 0 Å². The molecule has 1 aromatic heterocycles. The predicted octanol–water partition coefficient (Wildman–Crippen LogP) is 3.79. The van der Waals surface area contributed by atoms with Crippen molar-refractivity contribution in [3.05, 3.63) is 65.0 Å². The highest BCUT2D eigenvalue weighted by atomic mass is 14.9. The standard InChI is InChI=1S/C17H22N2/c1-4-10-18-17(15-8-6-5-7-9-15)16-11-13(2)19-14(3)12-16/h5-9,11-12,17-18H,4,10H2,1-3H3. The molecule has 1 aromatic carbocycles. The number of aryl methyl sites for hydroxylation is 2. The molecule has 0 radical (unpaired) electrons. The van der Waals surface area contributed by atoms with Gasteiger partial charge in [0.05, 0.1) is 6.04 Å². The largest absolute Gasteiger partial charge is 0.306 e. The van der Waals surface area contributed by atoms with Crippen LogP contribution >= 0.6 is 0 Å². The molecule has 0 saturated heterocycles. The molecular formula is C17H22N2. The third-order valence-corrected chi connectivity index (χ3v) is 3.17. The number of benzene rings is 1. The van der Waals surface area contributed by atoms with Crippen molar-refractivity contribution in [1.29, 1.82) is 0 Å². The molecule has 1 unspecified atom stereocenters. The summed E-state index contributed by atoms with van der Waals surface area (Å²) in [6.07, 6.45) is 1.13. The van der Waals surface area contributed by atoms with Gasteiger partial charge in [-0.1, -0.05) is 37.3 Å². The summed E-state index contributed by atoms with van der Waals surface area (Å²) in [5.74, 6) is 0. The van der Waals surface area contributed by atoms with Crippen LogP contribution < -0.4 is 5.32 Å². The van der Waals surface area contributed by atoms with Crippen molar-refractivity contribution in [2.75, 3.05) is 6.54 Å². The zero-order valence-corrected chi connectivity index (χ0v) is 12.0. The second kappa shape index (κ2) is 6.48. The van der Waals surface area contributed by atoms with Gasteiger partial charge in [-0.3, -0.25) is 4.98 Å². The van der Waals surface area contributed by atoms with E-state index in [2.05, 4.69) is 73.5 Å². The first-order valence-corrected chi connectivity index (χ1v) is 6.94. The first kappa shape index (κ1) is 13.8. The van der Waals surface area contributed by atoms with Crippen LogP contribution in [0.15, 0.2) is 42.5 Å².